The van der Waals surface area contributed by atoms with E-state index in [1.807, 2.05) is 0 Å². The Morgan fingerprint density at radius 3 is 2.06 bits per heavy atom. The summed E-state index contributed by atoms with van der Waals surface area (Å²) in [5.41, 5.74) is 0. The third-order valence-corrected chi connectivity index (χ3v) is 5.94. The molecule has 0 amide bonds. The minimum atomic E-state index is -0.0643. The first kappa shape index (κ1) is 10.8. The van der Waals surface area contributed by atoms with Gasteiger partial charge in [0.1, 0.15) is 0 Å². The molecule has 0 heterocycles. The van der Waals surface area contributed by atoms with E-state index in [2.05, 4.69) is 5.32 Å². The number of aliphatic hydroxyl groups is 1. The monoisotopic (exact) mass is 235 g/mol. The fraction of sp³-hybridized carbons (Fsp3) is 1.00. The second kappa shape index (κ2) is 3.96. The first-order chi connectivity index (χ1) is 8.29. The van der Waals surface area contributed by atoms with Crippen LogP contribution in [0.4, 0.5) is 0 Å². The first-order valence-corrected chi connectivity index (χ1v) is 7.71. The van der Waals surface area contributed by atoms with Crippen molar-refractivity contribution in [3.05, 3.63) is 0 Å². The summed E-state index contributed by atoms with van der Waals surface area (Å²) in [4.78, 5) is 0. The molecule has 4 bridgehead atoms. The van der Waals surface area contributed by atoms with Crippen molar-refractivity contribution >= 4 is 0 Å². The largest absolute Gasteiger partial charge is 0.391 e. The van der Waals surface area contributed by atoms with Gasteiger partial charge in [0.25, 0.3) is 0 Å². The molecule has 2 nitrogen and oxygen atoms in total. The van der Waals surface area contributed by atoms with Crippen molar-refractivity contribution < 1.29 is 5.11 Å². The van der Waals surface area contributed by atoms with Gasteiger partial charge in [-0.05, 0) is 74.5 Å². The molecular weight excluding hydrogens is 210 g/mol. The molecule has 1 atom stereocenters. The fourth-order valence-corrected chi connectivity index (χ4v) is 5.31. The normalized spacial score (nSPS) is 49.6. The molecule has 0 radical (unpaired) electrons. The lowest BCUT2D eigenvalue weighted by molar-refractivity contribution is -0.0882. The van der Waals surface area contributed by atoms with Crippen LogP contribution in [-0.2, 0) is 0 Å². The van der Waals surface area contributed by atoms with Crippen LogP contribution < -0.4 is 5.32 Å². The van der Waals surface area contributed by atoms with Crippen LogP contribution in [0, 0.1) is 29.6 Å². The van der Waals surface area contributed by atoms with Crippen molar-refractivity contribution in [1.29, 1.82) is 0 Å². The van der Waals surface area contributed by atoms with Crippen molar-refractivity contribution in [2.24, 2.45) is 29.6 Å². The first-order valence-electron chi connectivity index (χ1n) is 7.71. The van der Waals surface area contributed by atoms with Gasteiger partial charge in [-0.15, -0.1) is 0 Å². The molecule has 0 aromatic rings. The van der Waals surface area contributed by atoms with E-state index in [0.717, 1.165) is 36.3 Å². The molecule has 2 heteroatoms. The summed E-state index contributed by atoms with van der Waals surface area (Å²) >= 11 is 0. The molecule has 5 saturated carbocycles. The van der Waals surface area contributed by atoms with Gasteiger partial charge >= 0.3 is 0 Å². The molecule has 0 spiro atoms. The molecule has 5 fully saturated rings. The molecule has 5 aliphatic rings. The highest BCUT2D eigenvalue weighted by atomic mass is 16.3. The van der Waals surface area contributed by atoms with Gasteiger partial charge in [0.2, 0.25) is 0 Å². The van der Waals surface area contributed by atoms with Gasteiger partial charge in [-0.25, -0.2) is 0 Å². The highest BCUT2D eigenvalue weighted by Gasteiger charge is 2.50. The predicted molar refractivity (Wildman–Crippen MR) is 67.6 cm³/mol. The van der Waals surface area contributed by atoms with Crippen LogP contribution in [0.3, 0.4) is 0 Å². The minimum Gasteiger partial charge on any atom is -0.391 e. The SMILES string of the molecule is OC(CNC1CC1)C1C2CC3CC(C2)CC1C3. The summed E-state index contributed by atoms with van der Waals surface area (Å²) in [5, 5.41) is 14.0. The van der Waals surface area contributed by atoms with Gasteiger partial charge in [0.05, 0.1) is 6.10 Å². The smallest absolute Gasteiger partial charge is 0.0698 e. The van der Waals surface area contributed by atoms with E-state index in [9.17, 15) is 5.11 Å². The van der Waals surface area contributed by atoms with Crippen LogP contribution in [0.1, 0.15) is 44.9 Å². The molecule has 5 rings (SSSR count). The third kappa shape index (κ3) is 1.94. The average molecular weight is 235 g/mol. The van der Waals surface area contributed by atoms with Crippen molar-refractivity contribution in [2.75, 3.05) is 6.54 Å². The van der Waals surface area contributed by atoms with Gasteiger partial charge in [-0.2, -0.15) is 0 Å². The lowest BCUT2D eigenvalue weighted by Gasteiger charge is -2.55. The molecule has 2 N–H and O–H groups in total. The maximum absolute atomic E-state index is 10.5. The summed E-state index contributed by atoms with van der Waals surface area (Å²) in [6.07, 6.45) is 9.82. The molecule has 0 aromatic carbocycles. The zero-order chi connectivity index (χ0) is 11.4. The van der Waals surface area contributed by atoms with E-state index in [1.165, 1.54) is 44.9 Å². The second-order valence-corrected chi connectivity index (χ2v) is 7.26. The molecule has 5 aliphatic carbocycles. The van der Waals surface area contributed by atoms with Crippen molar-refractivity contribution in [2.45, 2.75) is 57.1 Å². The Hall–Kier alpha value is -0.0800. The van der Waals surface area contributed by atoms with E-state index in [1.54, 1.807) is 0 Å². The predicted octanol–water partition coefficient (Wildman–Crippen LogP) is 2.17. The van der Waals surface area contributed by atoms with Gasteiger partial charge < -0.3 is 10.4 Å². The highest BCUT2D eigenvalue weighted by molar-refractivity contribution is 5.00. The van der Waals surface area contributed by atoms with E-state index < -0.39 is 0 Å². The van der Waals surface area contributed by atoms with Gasteiger partial charge in [-0.1, -0.05) is 0 Å². The molecule has 17 heavy (non-hydrogen) atoms. The zero-order valence-corrected chi connectivity index (χ0v) is 10.6. The third-order valence-electron chi connectivity index (χ3n) is 5.94. The second-order valence-electron chi connectivity index (χ2n) is 7.26. The topological polar surface area (TPSA) is 32.3 Å². The van der Waals surface area contributed by atoms with E-state index in [0.29, 0.717) is 5.92 Å². The summed E-state index contributed by atoms with van der Waals surface area (Å²) < 4.78 is 0. The lowest BCUT2D eigenvalue weighted by atomic mass is 9.51. The minimum absolute atomic E-state index is 0.0643. The Morgan fingerprint density at radius 2 is 1.53 bits per heavy atom. The van der Waals surface area contributed by atoms with Crippen LogP contribution in [0.5, 0.6) is 0 Å². The van der Waals surface area contributed by atoms with Crippen LogP contribution in [-0.4, -0.2) is 23.8 Å². The highest BCUT2D eigenvalue weighted by Crippen LogP contribution is 2.57. The van der Waals surface area contributed by atoms with Crippen LogP contribution in [0.25, 0.3) is 0 Å². The van der Waals surface area contributed by atoms with Gasteiger partial charge in [0, 0.05) is 12.6 Å². The van der Waals surface area contributed by atoms with Gasteiger partial charge in [-0.3, -0.25) is 0 Å². The average Bonchev–Trinajstić information content (AvgIpc) is 3.08. The van der Waals surface area contributed by atoms with Gasteiger partial charge in [0.15, 0.2) is 0 Å². The van der Waals surface area contributed by atoms with E-state index in [-0.39, 0.29) is 6.10 Å². The van der Waals surface area contributed by atoms with Crippen molar-refractivity contribution in [3.8, 4) is 0 Å². The van der Waals surface area contributed by atoms with Crippen LogP contribution >= 0.6 is 0 Å². The van der Waals surface area contributed by atoms with E-state index in [4.69, 9.17) is 0 Å². The molecule has 0 aliphatic heterocycles. The summed E-state index contributed by atoms with van der Waals surface area (Å²) in [7, 11) is 0. The Morgan fingerprint density at radius 1 is 0.941 bits per heavy atom. The molecule has 96 valence electrons. The number of rotatable bonds is 4. The van der Waals surface area contributed by atoms with E-state index >= 15 is 0 Å². The standard InChI is InChI=1S/C15H25NO/c17-14(8-16-13-1-2-13)15-11-4-9-3-10(6-11)7-12(15)5-9/h9-17H,1-8H2. The molecule has 0 aromatic heterocycles. The summed E-state index contributed by atoms with van der Waals surface area (Å²) in [6, 6.07) is 0.737. The Kier molecular flexibility index (Phi) is 2.52. The Bertz CT molecular complexity index is 271. The molecule has 0 saturated heterocycles. The Labute approximate surface area is 104 Å². The number of hydrogen-bond acceptors (Lipinski definition) is 2. The maximum Gasteiger partial charge on any atom is 0.0698 e. The fourth-order valence-electron chi connectivity index (χ4n) is 5.31. The van der Waals surface area contributed by atoms with Crippen molar-refractivity contribution in [3.63, 3.8) is 0 Å². The Balaban J connectivity index is 1.42. The maximum atomic E-state index is 10.5. The summed E-state index contributed by atoms with van der Waals surface area (Å²) in [5.74, 6) is 4.41. The lowest BCUT2D eigenvalue weighted by Crippen LogP contribution is -2.51. The number of nitrogens with one attached hydrogen (secondary N) is 1. The number of hydrogen-bond donors (Lipinski definition) is 2. The zero-order valence-electron chi connectivity index (χ0n) is 10.6. The quantitative estimate of drug-likeness (QED) is 0.783. The summed E-state index contributed by atoms with van der Waals surface area (Å²) in [6.45, 7) is 0.859. The van der Waals surface area contributed by atoms with Crippen LogP contribution in [0.2, 0.25) is 0 Å². The molecular formula is C15H25NO. The van der Waals surface area contributed by atoms with Crippen LogP contribution in [0.15, 0.2) is 0 Å². The van der Waals surface area contributed by atoms with Crippen molar-refractivity contribution in [1.82, 2.24) is 5.32 Å². The molecule has 1 unspecified atom stereocenters. The number of aliphatic hydroxyl groups excluding tert-OH is 1.